The lowest BCUT2D eigenvalue weighted by Gasteiger charge is -2.32. The van der Waals surface area contributed by atoms with E-state index >= 15 is 0 Å². The highest BCUT2D eigenvalue weighted by molar-refractivity contribution is 6.27. The van der Waals surface area contributed by atoms with Crippen LogP contribution in [0.2, 0.25) is 0 Å². The summed E-state index contributed by atoms with van der Waals surface area (Å²) in [6.45, 7) is 0. The number of aliphatic imine (C=N–C) groups is 2. The molecule has 1 unspecified atom stereocenters. The first-order valence-corrected chi connectivity index (χ1v) is 14.7. The summed E-state index contributed by atoms with van der Waals surface area (Å²) < 4.78 is 0. The molecule has 0 saturated carbocycles. The van der Waals surface area contributed by atoms with E-state index in [1.807, 2.05) is 12.1 Å². The molecule has 7 aromatic rings. The average molecular weight is 552 g/mol. The molecule has 0 aliphatic carbocycles. The van der Waals surface area contributed by atoms with Gasteiger partial charge in [0.2, 0.25) is 0 Å². The number of hydrogen-bond acceptors (Lipinski definition) is 3. The Hall–Kier alpha value is -5.54. The minimum absolute atomic E-state index is 0.179. The molecule has 0 N–H and O–H groups in total. The molecular formula is C40H29N3. The van der Waals surface area contributed by atoms with Gasteiger partial charge < -0.3 is 4.90 Å². The Balaban J connectivity index is 1.35. The summed E-state index contributed by atoms with van der Waals surface area (Å²) in [6, 6.07) is 53.8. The van der Waals surface area contributed by atoms with Gasteiger partial charge in [-0.1, -0.05) is 140 Å². The van der Waals surface area contributed by atoms with Gasteiger partial charge in [0.1, 0.15) is 12.0 Å². The number of hydrogen-bond donors (Lipinski definition) is 0. The summed E-state index contributed by atoms with van der Waals surface area (Å²) in [5.74, 6) is 1.66. The Morgan fingerprint density at radius 2 is 0.930 bits per heavy atom. The molecule has 1 heterocycles. The van der Waals surface area contributed by atoms with Crippen molar-refractivity contribution in [2.45, 2.75) is 6.17 Å². The van der Waals surface area contributed by atoms with Crippen molar-refractivity contribution >= 4 is 44.0 Å². The van der Waals surface area contributed by atoms with Crippen LogP contribution in [0.5, 0.6) is 0 Å². The van der Waals surface area contributed by atoms with Crippen molar-refractivity contribution in [2.75, 3.05) is 7.05 Å². The van der Waals surface area contributed by atoms with E-state index in [4.69, 9.17) is 9.98 Å². The normalized spacial score (nSPS) is 15.1. The lowest BCUT2D eigenvalue weighted by Crippen LogP contribution is -2.35. The highest BCUT2D eigenvalue weighted by Gasteiger charge is 2.26. The molecule has 0 amide bonds. The van der Waals surface area contributed by atoms with Crippen LogP contribution < -0.4 is 0 Å². The molecular weight excluding hydrogens is 522 g/mol. The molecule has 0 radical (unpaired) electrons. The minimum Gasteiger partial charge on any atom is -0.333 e. The maximum atomic E-state index is 5.24. The third-order valence-electron chi connectivity index (χ3n) is 8.49. The second-order valence-electron chi connectivity index (χ2n) is 11.1. The maximum absolute atomic E-state index is 5.24. The highest BCUT2D eigenvalue weighted by Crippen LogP contribution is 2.38. The zero-order valence-electron chi connectivity index (χ0n) is 23.9. The summed E-state index contributed by atoms with van der Waals surface area (Å²) in [5, 5.41) is 7.45. The van der Waals surface area contributed by atoms with Gasteiger partial charge in [-0.2, -0.15) is 0 Å². The van der Waals surface area contributed by atoms with Gasteiger partial charge in [-0.3, -0.25) is 0 Å². The van der Waals surface area contributed by atoms with E-state index in [0.29, 0.717) is 0 Å². The standard InChI is InChI=1S/C40H29N3/c1-43-39(28-15-7-3-8-16-28)41-38(42-40(43)29-17-9-4-10-18-29)31-22-24-35-36-25-30(27-13-5-2-6-14-27)21-23-34(36)32-19-11-12-20-33(32)37(35)26-31/h2-26,39H,1H3. The second kappa shape index (κ2) is 10.4. The Bertz CT molecular complexity index is 2180. The van der Waals surface area contributed by atoms with E-state index in [9.17, 15) is 0 Å². The average Bonchev–Trinajstić information content (AvgIpc) is 3.09. The van der Waals surface area contributed by atoms with Crippen LogP contribution >= 0.6 is 0 Å². The Kier molecular flexibility index (Phi) is 6.08. The van der Waals surface area contributed by atoms with Crippen molar-refractivity contribution in [3.05, 3.63) is 168 Å². The molecule has 0 fully saturated rings. The van der Waals surface area contributed by atoms with Crippen molar-refractivity contribution in [1.82, 2.24) is 4.90 Å². The molecule has 0 saturated heterocycles. The Labute approximate surface area is 251 Å². The Morgan fingerprint density at radius 1 is 0.442 bits per heavy atom. The summed E-state index contributed by atoms with van der Waals surface area (Å²) in [4.78, 5) is 12.6. The van der Waals surface area contributed by atoms with E-state index in [1.54, 1.807) is 0 Å². The third kappa shape index (κ3) is 4.38. The molecule has 1 aliphatic heterocycles. The van der Waals surface area contributed by atoms with Crippen LogP contribution in [0.3, 0.4) is 0 Å². The topological polar surface area (TPSA) is 28.0 Å². The fourth-order valence-corrected chi connectivity index (χ4v) is 6.35. The molecule has 0 aromatic heterocycles. The van der Waals surface area contributed by atoms with Crippen LogP contribution in [-0.4, -0.2) is 23.6 Å². The predicted octanol–water partition coefficient (Wildman–Crippen LogP) is 9.65. The summed E-state index contributed by atoms with van der Waals surface area (Å²) in [5.41, 5.74) is 5.66. The first-order valence-electron chi connectivity index (χ1n) is 14.7. The number of benzene rings is 7. The number of rotatable bonds is 4. The van der Waals surface area contributed by atoms with Gasteiger partial charge in [-0.05, 0) is 61.1 Å². The molecule has 43 heavy (non-hydrogen) atoms. The SMILES string of the molecule is CN1C(c2ccccc2)=NC(c2ccc3c(c2)c2ccccc2c2ccc(-c4ccccc4)cc23)=NC1c1ccccc1. The zero-order valence-corrected chi connectivity index (χ0v) is 23.9. The molecule has 1 atom stereocenters. The molecule has 3 nitrogen and oxygen atoms in total. The summed E-state index contributed by atoms with van der Waals surface area (Å²) in [7, 11) is 2.08. The van der Waals surface area contributed by atoms with E-state index in [1.165, 1.54) is 43.4 Å². The molecule has 0 spiro atoms. The second-order valence-corrected chi connectivity index (χ2v) is 11.1. The number of amidine groups is 2. The fourth-order valence-electron chi connectivity index (χ4n) is 6.35. The monoisotopic (exact) mass is 551 g/mol. The van der Waals surface area contributed by atoms with Gasteiger partial charge in [0.25, 0.3) is 0 Å². The van der Waals surface area contributed by atoms with Crippen molar-refractivity contribution in [3.8, 4) is 11.1 Å². The smallest absolute Gasteiger partial charge is 0.159 e. The summed E-state index contributed by atoms with van der Waals surface area (Å²) >= 11 is 0. The highest BCUT2D eigenvalue weighted by atomic mass is 15.3. The van der Waals surface area contributed by atoms with Crippen LogP contribution in [-0.2, 0) is 0 Å². The van der Waals surface area contributed by atoms with Gasteiger partial charge in [0.05, 0.1) is 0 Å². The molecule has 0 bridgehead atoms. The lowest BCUT2D eigenvalue weighted by molar-refractivity contribution is 0.383. The fraction of sp³-hybridized carbons (Fsp3) is 0.0500. The van der Waals surface area contributed by atoms with E-state index in [2.05, 4.69) is 151 Å². The van der Waals surface area contributed by atoms with Gasteiger partial charge in [-0.25, -0.2) is 9.98 Å². The van der Waals surface area contributed by atoms with Crippen molar-refractivity contribution in [1.29, 1.82) is 0 Å². The lowest BCUT2D eigenvalue weighted by atomic mass is 9.91. The van der Waals surface area contributed by atoms with Crippen LogP contribution in [0.15, 0.2) is 162 Å². The molecule has 204 valence electrons. The maximum Gasteiger partial charge on any atom is 0.159 e. The van der Waals surface area contributed by atoms with E-state index in [0.717, 1.165) is 28.4 Å². The molecule has 3 heteroatoms. The molecule has 1 aliphatic rings. The van der Waals surface area contributed by atoms with E-state index < -0.39 is 0 Å². The first-order chi connectivity index (χ1) is 21.2. The quantitative estimate of drug-likeness (QED) is 0.200. The van der Waals surface area contributed by atoms with Gasteiger partial charge in [0, 0.05) is 18.2 Å². The third-order valence-corrected chi connectivity index (χ3v) is 8.49. The van der Waals surface area contributed by atoms with Gasteiger partial charge in [-0.15, -0.1) is 0 Å². The van der Waals surface area contributed by atoms with Crippen LogP contribution in [0.25, 0.3) is 43.4 Å². The molecule has 8 rings (SSSR count). The summed E-state index contributed by atoms with van der Waals surface area (Å²) in [6.07, 6.45) is -0.179. The van der Waals surface area contributed by atoms with Crippen LogP contribution in [0, 0.1) is 0 Å². The van der Waals surface area contributed by atoms with Crippen LogP contribution in [0.4, 0.5) is 0 Å². The van der Waals surface area contributed by atoms with Gasteiger partial charge in [0.15, 0.2) is 5.84 Å². The largest absolute Gasteiger partial charge is 0.333 e. The van der Waals surface area contributed by atoms with Crippen molar-refractivity contribution in [2.24, 2.45) is 9.98 Å². The van der Waals surface area contributed by atoms with Crippen molar-refractivity contribution in [3.63, 3.8) is 0 Å². The number of fused-ring (bicyclic) bond motifs is 6. The zero-order chi connectivity index (χ0) is 28.8. The van der Waals surface area contributed by atoms with Crippen LogP contribution in [0.1, 0.15) is 22.9 Å². The van der Waals surface area contributed by atoms with Crippen molar-refractivity contribution < 1.29 is 0 Å². The number of nitrogens with zero attached hydrogens (tertiary/aromatic N) is 3. The molecule has 7 aromatic carbocycles. The van der Waals surface area contributed by atoms with Gasteiger partial charge >= 0.3 is 0 Å². The first kappa shape index (κ1) is 25.2. The Morgan fingerprint density at radius 3 is 1.60 bits per heavy atom. The minimum atomic E-state index is -0.179. The van der Waals surface area contributed by atoms with E-state index in [-0.39, 0.29) is 6.17 Å². The predicted molar refractivity (Wildman–Crippen MR) is 181 cm³/mol.